The fourth-order valence-electron chi connectivity index (χ4n) is 3.52. The third-order valence-electron chi connectivity index (χ3n) is 5.07. The van der Waals surface area contributed by atoms with Crippen LogP contribution in [0.2, 0.25) is 0 Å². The summed E-state index contributed by atoms with van der Waals surface area (Å²) >= 11 is 0. The second-order valence-corrected chi connectivity index (χ2v) is 7.64. The first-order chi connectivity index (χ1) is 14.0. The first-order valence-corrected chi connectivity index (χ1v) is 9.95. The number of likely N-dealkylation sites (tertiary alicyclic amines) is 1. The van der Waals surface area contributed by atoms with Crippen molar-refractivity contribution in [3.05, 3.63) is 60.2 Å². The Hall–Kier alpha value is -3.08. The van der Waals surface area contributed by atoms with E-state index in [-0.39, 0.29) is 17.7 Å². The van der Waals surface area contributed by atoms with Crippen LogP contribution in [-0.2, 0) is 9.59 Å². The minimum atomic E-state index is -0.184. The van der Waals surface area contributed by atoms with Crippen LogP contribution in [0.3, 0.4) is 0 Å². The largest absolute Gasteiger partial charge is 0.497 e. The van der Waals surface area contributed by atoms with E-state index in [2.05, 4.69) is 5.32 Å². The molecule has 0 radical (unpaired) electrons. The molecule has 0 aromatic heterocycles. The molecule has 3 rings (SSSR count). The van der Waals surface area contributed by atoms with Crippen molar-refractivity contribution in [3.63, 3.8) is 0 Å². The van der Waals surface area contributed by atoms with E-state index in [0.717, 1.165) is 41.0 Å². The van der Waals surface area contributed by atoms with Crippen molar-refractivity contribution < 1.29 is 14.3 Å². The Morgan fingerprint density at radius 1 is 1.10 bits per heavy atom. The van der Waals surface area contributed by atoms with Crippen molar-refractivity contribution in [3.8, 4) is 16.9 Å². The van der Waals surface area contributed by atoms with Crippen LogP contribution in [0.5, 0.6) is 5.75 Å². The van der Waals surface area contributed by atoms with E-state index in [1.54, 1.807) is 18.1 Å². The lowest BCUT2D eigenvalue weighted by Gasteiger charge is -2.31. The number of rotatable bonds is 5. The Kier molecular flexibility index (Phi) is 6.70. The van der Waals surface area contributed by atoms with Crippen LogP contribution in [0.1, 0.15) is 26.7 Å². The number of anilines is 1. The zero-order valence-corrected chi connectivity index (χ0v) is 17.3. The monoisotopic (exact) mass is 392 g/mol. The lowest BCUT2D eigenvalue weighted by Crippen LogP contribution is -2.43. The molecule has 1 atom stereocenters. The SMILES string of the molecule is COc1cccc(-c2ccc(NC(=O)[C@H]3CCCN(C(=O)C=C(C)C)C3)cc2)c1. The van der Waals surface area contributed by atoms with Crippen molar-refractivity contribution in [1.29, 1.82) is 0 Å². The molecule has 1 aliphatic heterocycles. The third kappa shape index (κ3) is 5.47. The van der Waals surface area contributed by atoms with Gasteiger partial charge in [-0.25, -0.2) is 0 Å². The maximum absolute atomic E-state index is 12.7. The number of nitrogens with one attached hydrogen (secondary N) is 1. The van der Waals surface area contributed by atoms with E-state index in [0.29, 0.717) is 13.1 Å². The van der Waals surface area contributed by atoms with Crippen LogP contribution in [-0.4, -0.2) is 36.9 Å². The summed E-state index contributed by atoms with van der Waals surface area (Å²) in [6, 6.07) is 15.6. The summed E-state index contributed by atoms with van der Waals surface area (Å²) in [5, 5.41) is 3.00. The van der Waals surface area contributed by atoms with Crippen molar-refractivity contribution >= 4 is 17.5 Å². The first kappa shape index (κ1) is 20.6. The molecular formula is C24H28N2O3. The van der Waals surface area contributed by atoms with Gasteiger partial charge in [-0.05, 0) is 62.1 Å². The van der Waals surface area contributed by atoms with Crippen LogP contribution < -0.4 is 10.1 Å². The number of benzene rings is 2. The topological polar surface area (TPSA) is 58.6 Å². The van der Waals surface area contributed by atoms with Gasteiger partial charge in [0.25, 0.3) is 0 Å². The van der Waals surface area contributed by atoms with Gasteiger partial charge < -0.3 is 15.0 Å². The van der Waals surface area contributed by atoms with Gasteiger partial charge in [0, 0.05) is 24.9 Å². The predicted molar refractivity (Wildman–Crippen MR) is 116 cm³/mol. The van der Waals surface area contributed by atoms with Gasteiger partial charge >= 0.3 is 0 Å². The average Bonchev–Trinajstić information content (AvgIpc) is 2.74. The number of carbonyl (C=O) groups is 2. The van der Waals surface area contributed by atoms with Crippen LogP contribution in [0.4, 0.5) is 5.69 Å². The second-order valence-electron chi connectivity index (χ2n) is 7.64. The molecule has 0 spiro atoms. The molecule has 0 aliphatic carbocycles. The molecule has 0 unspecified atom stereocenters. The second kappa shape index (κ2) is 9.41. The van der Waals surface area contributed by atoms with E-state index in [4.69, 9.17) is 4.74 Å². The lowest BCUT2D eigenvalue weighted by atomic mass is 9.96. The first-order valence-electron chi connectivity index (χ1n) is 9.95. The van der Waals surface area contributed by atoms with Gasteiger partial charge in [0.05, 0.1) is 13.0 Å². The minimum absolute atomic E-state index is 0.00913. The lowest BCUT2D eigenvalue weighted by molar-refractivity contribution is -0.130. The summed E-state index contributed by atoms with van der Waals surface area (Å²) in [4.78, 5) is 26.7. The van der Waals surface area contributed by atoms with Crippen LogP contribution in [0.15, 0.2) is 60.2 Å². The molecule has 29 heavy (non-hydrogen) atoms. The summed E-state index contributed by atoms with van der Waals surface area (Å²) in [6.07, 6.45) is 3.28. The average molecular weight is 392 g/mol. The number of allylic oxidation sites excluding steroid dienone is 1. The highest BCUT2D eigenvalue weighted by Crippen LogP contribution is 2.26. The van der Waals surface area contributed by atoms with E-state index in [9.17, 15) is 9.59 Å². The number of amides is 2. The van der Waals surface area contributed by atoms with Crippen molar-refractivity contribution in [2.75, 3.05) is 25.5 Å². The molecule has 1 fully saturated rings. The van der Waals surface area contributed by atoms with Gasteiger partial charge in [-0.3, -0.25) is 9.59 Å². The highest BCUT2D eigenvalue weighted by atomic mass is 16.5. The number of hydrogen-bond donors (Lipinski definition) is 1. The molecule has 152 valence electrons. The molecule has 1 aliphatic rings. The molecule has 1 saturated heterocycles. The molecule has 2 aromatic rings. The zero-order valence-electron chi connectivity index (χ0n) is 17.3. The minimum Gasteiger partial charge on any atom is -0.497 e. The summed E-state index contributed by atoms with van der Waals surface area (Å²) < 4.78 is 5.28. The van der Waals surface area contributed by atoms with E-state index in [1.165, 1.54) is 0 Å². The molecule has 5 nitrogen and oxygen atoms in total. The van der Waals surface area contributed by atoms with Crippen LogP contribution in [0.25, 0.3) is 11.1 Å². The Balaban J connectivity index is 1.63. The van der Waals surface area contributed by atoms with E-state index < -0.39 is 0 Å². The molecule has 1 heterocycles. The molecule has 2 amide bonds. The fourth-order valence-corrected chi connectivity index (χ4v) is 3.52. The molecule has 5 heteroatoms. The zero-order chi connectivity index (χ0) is 20.8. The van der Waals surface area contributed by atoms with Crippen molar-refractivity contribution in [2.24, 2.45) is 5.92 Å². The molecule has 0 saturated carbocycles. The summed E-state index contributed by atoms with van der Waals surface area (Å²) in [5.74, 6) is 0.583. The summed E-state index contributed by atoms with van der Waals surface area (Å²) in [7, 11) is 1.65. The number of hydrogen-bond acceptors (Lipinski definition) is 3. The normalized spacial score (nSPS) is 16.1. The van der Waals surface area contributed by atoms with Crippen molar-refractivity contribution in [2.45, 2.75) is 26.7 Å². The summed E-state index contributed by atoms with van der Waals surface area (Å²) in [5.41, 5.74) is 3.84. The Labute approximate surface area is 172 Å². The highest BCUT2D eigenvalue weighted by Gasteiger charge is 2.27. The van der Waals surface area contributed by atoms with E-state index in [1.807, 2.05) is 62.4 Å². The van der Waals surface area contributed by atoms with Gasteiger partial charge in [0.15, 0.2) is 0 Å². The molecular weight excluding hydrogens is 364 g/mol. The van der Waals surface area contributed by atoms with Gasteiger partial charge in [-0.1, -0.05) is 29.8 Å². The Morgan fingerprint density at radius 2 is 1.86 bits per heavy atom. The summed E-state index contributed by atoms with van der Waals surface area (Å²) in [6.45, 7) is 4.99. The van der Waals surface area contributed by atoms with Gasteiger partial charge in [-0.15, -0.1) is 0 Å². The number of methoxy groups -OCH3 is 1. The maximum atomic E-state index is 12.7. The third-order valence-corrected chi connectivity index (χ3v) is 5.07. The molecule has 2 aromatic carbocycles. The Bertz CT molecular complexity index is 899. The maximum Gasteiger partial charge on any atom is 0.246 e. The standard InChI is InChI=1S/C24H28N2O3/c1-17(2)14-23(27)26-13-5-7-20(16-26)24(28)25-21-11-9-18(10-12-21)19-6-4-8-22(15-19)29-3/h4,6,8-12,14-15,20H,5,7,13,16H2,1-3H3,(H,25,28)/t20-/m0/s1. The van der Waals surface area contributed by atoms with Gasteiger partial charge in [-0.2, -0.15) is 0 Å². The van der Waals surface area contributed by atoms with Gasteiger partial charge in [0.1, 0.15) is 5.75 Å². The number of piperidine rings is 1. The fraction of sp³-hybridized carbons (Fsp3) is 0.333. The highest BCUT2D eigenvalue weighted by molar-refractivity contribution is 5.94. The van der Waals surface area contributed by atoms with Crippen LogP contribution in [0, 0.1) is 5.92 Å². The van der Waals surface area contributed by atoms with Crippen molar-refractivity contribution in [1.82, 2.24) is 4.90 Å². The molecule has 1 N–H and O–H groups in total. The van der Waals surface area contributed by atoms with Crippen LogP contribution >= 0.6 is 0 Å². The number of carbonyl (C=O) groups excluding carboxylic acids is 2. The smallest absolute Gasteiger partial charge is 0.246 e. The number of nitrogens with zero attached hydrogens (tertiary/aromatic N) is 1. The predicted octanol–water partition coefficient (Wildman–Crippen LogP) is 4.51. The number of ether oxygens (including phenoxy) is 1. The van der Waals surface area contributed by atoms with E-state index >= 15 is 0 Å². The Morgan fingerprint density at radius 3 is 2.55 bits per heavy atom. The van der Waals surface area contributed by atoms with Gasteiger partial charge in [0.2, 0.25) is 11.8 Å². The molecule has 0 bridgehead atoms. The quantitative estimate of drug-likeness (QED) is 0.762.